The number of carbonyl (C=O) groups is 1. The average molecular weight is 265 g/mol. The van der Waals surface area contributed by atoms with E-state index in [1.165, 1.54) is 0 Å². The van der Waals surface area contributed by atoms with Crippen molar-refractivity contribution in [3.63, 3.8) is 0 Å². The van der Waals surface area contributed by atoms with Gasteiger partial charge in [-0.05, 0) is 52.3 Å². The summed E-state index contributed by atoms with van der Waals surface area (Å²) in [7, 11) is 0. The molecule has 0 aliphatic rings. The summed E-state index contributed by atoms with van der Waals surface area (Å²) in [4.78, 5) is 11.9. The number of nitrogens with one attached hydrogen (secondary N) is 1. The van der Waals surface area contributed by atoms with Crippen molar-refractivity contribution in [1.29, 1.82) is 0 Å². The Morgan fingerprint density at radius 3 is 2.47 bits per heavy atom. The maximum Gasteiger partial charge on any atom is 0.323 e. The van der Waals surface area contributed by atoms with Gasteiger partial charge in [0.1, 0.15) is 17.4 Å². The first kappa shape index (κ1) is 15.5. The molecule has 0 spiro atoms. The Kier molecular flexibility index (Phi) is 4.95. The second-order valence-electron chi connectivity index (χ2n) is 5.74. The average Bonchev–Trinajstić information content (AvgIpc) is 2.26. The fourth-order valence-corrected chi connectivity index (χ4v) is 1.72. The SMILES string of the molecule is C[C@H](N[C@H](C)c1cccc(O)c1)C(=O)OC(C)(C)C. The standard InChI is InChI=1S/C15H23NO3/c1-10(12-7-6-8-13(17)9-12)16-11(2)14(18)19-15(3,4)5/h6-11,16-17H,1-5H3/t10-,11+/m1/s1. The van der Waals surface area contributed by atoms with Gasteiger partial charge in [0.05, 0.1) is 0 Å². The number of benzene rings is 1. The Morgan fingerprint density at radius 2 is 1.95 bits per heavy atom. The molecule has 0 unspecified atom stereocenters. The molecule has 0 saturated heterocycles. The Balaban J connectivity index is 2.61. The number of carbonyl (C=O) groups excluding carboxylic acids is 1. The van der Waals surface area contributed by atoms with E-state index >= 15 is 0 Å². The third kappa shape index (κ3) is 5.30. The van der Waals surface area contributed by atoms with E-state index in [0.717, 1.165) is 5.56 Å². The quantitative estimate of drug-likeness (QED) is 0.822. The molecule has 0 radical (unpaired) electrons. The molecule has 0 heterocycles. The van der Waals surface area contributed by atoms with Crippen molar-refractivity contribution >= 4 is 5.97 Å². The molecule has 4 heteroatoms. The number of hydrogen-bond donors (Lipinski definition) is 2. The molecule has 0 bridgehead atoms. The maximum absolute atomic E-state index is 11.9. The van der Waals surface area contributed by atoms with Gasteiger partial charge in [-0.2, -0.15) is 0 Å². The Labute approximate surface area is 114 Å². The van der Waals surface area contributed by atoms with Crippen LogP contribution in [0.4, 0.5) is 0 Å². The summed E-state index contributed by atoms with van der Waals surface area (Å²) in [5.41, 5.74) is 0.441. The zero-order valence-corrected chi connectivity index (χ0v) is 12.2. The molecule has 2 N–H and O–H groups in total. The molecule has 0 fully saturated rings. The molecule has 1 rings (SSSR count). The van der Waals surface area contributed by atoms with Gasteiger partial charge in [-0.25, -0.2) is 0 Å². The van der Waals surface area contributed by atoms with Gasteiger partial charge >= 0.3 is 5.97 Å². The van der Waals surface area contributed by atoms with E-state index < -0.39 is 11.6 Å². The molecule has 0 aromatic heterocycles. The van der Waals surface area contributed by atoms with E-state index in [0.29, 0.717) is 0 Å². The zero-order valence-electron chi connectivity index (χ0n) is 12.2. The normalized spacial score (nSPS) is 14.8. The van der Waals surface area contributed by atoms with Crippen LogP contribution < -0.4 is 5.32 Å². The first-order valence-electron chi connectivity index (χ1n) is 6.47. The number of ether oxygens (including phenoxy) is 1. The highest BCUT2D eigenvalue weighted by molar-refractivity contribution is 5.75. The van der Waals surface area contributed by atoms with Crippen LogP contribution >= 0.6 is 0 Å². The van der Waals surface area contributed by atoms with Crippen molar-refractivity contribution in [2.24, 2.45) is 0 Å². The Morgan fingerprint density at radius 1 is 1.32 bits per heavy atom. The van der Waals surface area contributed by atoms with Gasteiger partial charge in [-0.3, -0.25) is 10.1 Å². The molecule has 0 aliphatic heterocycles. The fourth-order valence-electron chi connectivity index (χ4n) is 1.72. The summed E-state index contributed by atoms with van der Waals surface area (Å²) in [5.74, 6) is -0.0597. The number of rotatable bonds is 4. The number of esters is 1. The summed E-state index contributed by atoms with van der Waals surface area (Å²) >= 11 is 0. The van der Waals surface area contributed by atoms with Gasteiger partial charge in [0.25, 0.3) is 0 Å². The van der Waals surface area contributed by atoms with E-state index in [1.54, 1.807) is 25.1 Å². The maximum atomic E-state index is 11.9. The predicted octanol–water partition coefficient (Wildman–Crippen LogP) is 2.77. The molecule has 1 aromatic carbocycles. The molecule has 0 amide bonds. The van der Waals surface area contributed by atoms with Crippen LogP contribution in [-0.2, 0) is 9.53 Å². The molecule has 0 aliphatic carbocycles. The van der Waals surface area contributed by atoms with Gasteiger partial charge in [0.15, 0.2) is 0 Å². The molecular formula is C15H23NO3. The smallest absolute Gasteiger partial charge is 0.323 e. The Hall–Kier alpha value is -1.55. The fraction of sp³-hybridized carbons (Fsp3) is 0.533. The number of phenolic OH excluding ortho intramolecular Hbond substituents is 1. The van der Waals surface area contributed by atoms with Crippen molar-refractivity contribution in [2.45, 2.75) is 52.3 Å². The van der Waals surface area contributed by atoms with Gasteiger partial charge in [-0.1, -0.05) is 12.1 Å². The number of phenols is 1. The minimum atomic E-state index is -0.485. The van der Waals surface area contributed by atoms with Crippen LogP contribution in [-0.4, -0.2) is 22.7 Å². The highest BCUT2D eigenvalue weighted by atomic mass is 16.6. The molecule has 0 saturated carbocycles. The van der Waals surface area contributed by atoms with E-state index in [-0.39, 0.29) is 17.8 Å². The Bertz CT molecular complexity index is 437. The largest absolute Gasteiger partial charge is 0.508 e. The van der Waals surface area contributed by atoms with Crippen LogP contribution in [0.2, 0.25) is 0 Å². The summed E-state index contributed by atoms with van der Waals surface area (Å²) < 4.78 is 5.31. The third-order valence-electron chi connectivity index (χ3n) is 2.63. The molecular weight excluding hydrogens is 242 g/mol. The van der Waals surface area contributed by atoms with Gasteiger partial charge < -0.3 is 9.84 Å². The minimum absolute atomic E-state index is 0.0466. The van der Waals surface area contributed by atoms with E-state index in [4.69, 9.17) is 4.74 Å². The van der Waals surface area contributed by atoms with Crippen LogP contribution in [0.5, 0.6) is 5.75 Å². The summed E-state index contributed by atoms with van der Waals surface area (Å²) in [5, 5.41) is 12.6. The van der Waals surface area contributed by atoms with Crippen LogP contribution in [0, 0.1) is 0 Å². The van der Waals surface area contributed by atoms with Crippen molar-refractivity contribution in [2.75, 3.05) is 0 Å². The lowest BCUT2D eigenvalue weighted by atomic mass is 10.1. The van der Waals surface area contributed by atoms with E-state index in [9.17, 15) is 9.90 Å². The molecule has 2 atom stereocenters. The lowest BCUT2D eigenvalue weighted by Gasteiger charge is -2.24. The lowest BCUT2D eigenvalue weighted by Crippen LogP contribution is -2.40. The first-order chi connectivity index (χ1) is 8.69. The zero-order chi connectivity index (χ0) is 14.6. The van der Waals surface area contributed by atoms with E-state index in [2.05, 4.69) is 5.32 Å². The molecule has 4 nitrogen and oxygen atoms in total. The number of aromatic hydroxyl groups is 1. The van der Waals surface area contributed by atoms with Crippen molar-refractivity contribution in [3.8, 4) is 5.75 Å². The lowest BCUT2D eigenvalue weighted by molar-refractivity contribution is -0.157. The number of hydrogen-bond acceptors (Lipinski definition) is 4. The molecule has 19 heavy (non-hydrogen) atoms. The summed E-state index contributed by atoms with van der Waals surface area (Å²) in [6, 6.07) is 6.53. The van der Waals surface area contributed by atoms with E-state index in [1.807, 2.05) is 33.8 Å². The highest BCUT2D eigenvalue weighted by Gasteiger charge is 2.23. The van der Waals surface area contributed by atoms with Crippen molar-refractivity contribution < 1.29 is 14.6 Å². The predicted molar refractivity (Wildman–Crippen MR) is 75.0 cm³/mol. The third-order valence-corrected chi connectivity index (χ3v) is 2.63. The van der Waals surface area contributed by atoms with Crippen molar-refractivity contribution in [3.05, 3.63) is 29.8 Å². The first-order valence-corrected chi connectivity index (χ1v) is 6.47. The van der Waals surface area contributed by atoms with Crippen LogP contribution in [0.3, 0.4) is 0 Å². The summed E-state index contributed by atoms with van der Waals surface area (Å²) in [6.45, 7) is 9.24. The minimum Gasteiger partial charge on any atom is -0.508 e. The molecule has 1 aromatic rings. The van der Waals surface area contributed by atoms with Crippen LogP contribution in [0.25, 0.3) is 0 Å². The van der Waals surface area contributed by atoms with Crippen LogP contribution in [0.1, 0.15) is 46.2 Å². The second kappa shape index (κ2) is 6.06. The summed E-state index contributed by atoms with van der Waals surface area (Å²) in [6.07, 6.45) is 0. The van der Waals surface area contributed by atoms with Gasteiger partial charge in [-0.15, -0.1) is 0 Å². The van der Waals surface area contributed by atoms with Gasteiger partial charge in [0.2, 0.25) is 0 Å². The topological polar surface area (TPSA) is 58.6 Å². The second-order valence-corrected chi connectivity index (χ2v) is 5.74. The van der Waals surface area contributed by atoms with Crippen molar-refractivity contribution in [1.82, 2.24) is 5.32 Å². The highest BCUT2D eigenvalue weighted by Crippen LogP contribution is 2.18. The van der Waals surface area contributed by atoms with Crippen LogP contribution in [0.15, 0.2) is 24.3 Å². The monoisotopic (exact) mass is 265 g/mol. The molecule has 106 valence electrons. The van der Waals surface area contributed by atoms with Gasteiger partial charge in [0, 0.05) is 6.04 Å².